The van der Waals surface area contributed by atoms with Crippen LogP contribution >= 0.6 is 0 Å². The van der Waals surface area contributed by atoms with Crippen LogP contribution in [0.5, 0.6) is 11.5 Å². The first kappa shape index (κ1) is 17.0. The van der Waals surface area contributed by atoms with E-state index in [9.17, 15) is 15.2 Å². The molecular formula is C21H18N2O4. The number of hydrogen-bond donors (Lipinski definition) is 2. The van der Waals surface area contributed by atoms with Gasteiger partial charge in [-0.3, -0.25) is 0 Å². The lowest BCUT2D eigenvalue weighted by molar-refractivity contribution is 0.0693. The van der Waals surface area contributed by atoms with Crippen molar-refractivity contribution < 1.29 is 19.7 Å². The third kappa shape index (κ3) is 3.08. The van der Waals surface area contributed by atoms with Crippen LogP contribution in [-0.2, 0) is 0 Å². The minimum Gasteiger partial charge on any atom is -0.507 e. The van der Waals surface area contributed by atoms with Gasteiger partial charge in [0.25, 0.3) is 0 Å². The van der Waals surface area contributed by atoms with Crippen LogP contribution in [-0.4, -0.2) is 27.4 Å². The Balaban J connectivity index is 1.75. The number of aromatic nitrogens is 1. The standard InChI is InChI=1S/C21H18N2O4/c22-10-14-11-23(15-4-6-18(21(25)26)20(24)8-15)19-9-16(5-7-17(14)19)27-12-13-2-1-3-13/h4-9,11,13,24H,1-3,12H2,(H,25,26). The summed E-state index contributed by atoms with van der Waals surface area (Å²) in [5.41, 5.74) is 1.66. The highest BCUT2D eigenvalue weighted by Gasteiger charge is 2.19. The largest absolute Gasteiger partial charge is 0.507 e. The van der Waals surface area contributed by atoms with E-state index < -0.39 is 5.97 Å². The Morgan fingerprint density at radius 3 is 2.70 bits per heavy atom. The molecule has 1 aliphatic rings. The molecular weight excluding hydrogens is 344 g/mol. The molecule has 0 saturated heterocycles. The molecule has 3 aromatic rings. The molecule has 27 heavy (non-hydrogen) atoms. The average molecular weight is 362 g/mol. The van der Waals surface area contributed by atoms with Gasteiger partial charge in [0.1, 0.15) is 23.1 Å². The molecule has 136 valence electrons. The number of aromatic carboxylic acids is 1. The van der Waals surface area contributed by atoms with Crippen LogP contribution in [0.4, 0.5) is 0 Å². The van der Waals surface area contributed by atoms with E-state index in [1.807, 2.05) is 18.2 Å². The van der Waals surface area contributed by atoms with Gasteiger partial charge in [-0.25, -0.2) is 4.79 Å². The van der Waals surface area contributed by atoms with Crippen molar-refractivity contribution in [1.82, 2.24) is 4.57 Å². The first-order valence-corrected chi connectivity index (χ1v) is 8.81. The lowest BCUT2D eigenvalue weighted by atomic mass is 9.86. The molecule has 1 saturated carbocycles. The zero-order chi connectivity index (χ0) is 19.0. The SMILES string of the molecule is N#Cc1cn(-c2ccc(C(=O)O)c(O)c2)c2cc(OCC3CCC3)ccc12. The third-order valence-corrected chi connectivity index (χ3v) is 5.10. The minimum absolute atomic E-state index is 0.166. The van der Waals surface area contributed by atoms with Crippen molar-refractivity contribution in [3.8, 4) is 23.3 Å². The number of fused-ring (bicyclic) bond motifs is 1. The Morgan fingerprint density at radius 2 is 2.07 bits per heavy atom. The van der Waals surface area contributed by atoms with Gasteiger partial charge in [-0.1, -0.05) is 6.42 Å². The van der Waals surface area contributed by atoms with E-state index in [0.717, 1.165) is 16.7 Å². The average Bonchev–Trinajstić information content (AvgIpc) is 2.98. The number of aromatic hydroxyl groups is 1. The van der Waals surface area contributed by atoms with E-state index in [4.69, 9.17) is 9.84 Å². The highest BCUT2D eigenvalue weighted by Crippen LogP contribution is 2.32. The van der Waals surface area contributed by atoms with Gasteiger partial charge in [0.05, 0.1) is 17.7 Å². The molecule has 6 heteroatoms. The summed E-state index contributed by atoms with van der Waals surface area (Å²) in [5.74, 6) is -0.175. The second-order valence-corrected chi connectivity index (χ2v) is 6.82. The van der Waals surface area contributed by atoms with Gasteiger partial charge >= 0.3 is 5.97 Å². The number of nitrogens with zero attached hydrogens (tertiary/aromatic N) is 2. The van der Waals surface area contributed by atoms with Crippen molar-refractivity contribution >= 4 is 16.9 Å². The van der Waals surface area contributed by atoms with Crippen LogP contribution in [0.15, 0.2) is 42.6 Å². The highest BCUT2D eigenvalue weighted by molar-refractivity contribution is 5.92. The third-order valence-electron chi connectivity index (χ3n) is 5.10. The summed E-state index contributed by atoms with van der Waals surface area (Å²) < 4.78 is 7.66. The molecule has 0 radical (unpaired) electrons. The number of benzene rings is 2. The zero-order valence-electron chi connectivity index (χ0n) is 14.6. The van der Waals surface area contributed by atoms with Gasteiger partial charge in [0, 0.05) is 29.4 Å². The molecule has 1 aromatic heterocycles. The molecule has 0 spiro atoms. The number of ether oxygens (including phenoxy) is 1. The molecule has 1 fully saturated rings. The van der Waals surface area contributed by atoms with Crippen LogP contribution in [0, 0.1) is 17.2 Å². The fourth-order valence-electron chi connectivity index (χ4n) is 3.32. The number of hydrogen-bond acceptors (Lipinski definition) is 4. The monoisotopic (exact) mass is 362 g/mol. The zero-order valence-corrected chi connectivity index (χ0v) is 14.6. The predicted octanol–water partition coefficient (Wildman–Crippen LogP) is 4.08. The van der Waals surface area contributed by atoms with E-state index in [-0.39, 0.29) is 11.3 Å². The van der Waals surface area contributed by atoms with E-state index in [1.54, 1.807) is 16.8 Å². The van der Waals surface area contributed by atoms with Crippen molar-refractivity contribution in [3.05, 3.63) is 53.7 Å². The van der Waals surface area contributed by atoms with Crippen LogP contribution < -0.4 is 4.74 Å². The van der Waals surface area contributed by atoms with Gasteiger partial charge in [-0.05, 0) is 43.0 Å². The Morgan fingerprint density at radius 1 is 1.26 bits per heavy atom. The Hall–Kier alpha value is -3.46. The Kier molecular flexibility index (Phi) is 4.21. The van der Waals surface area contributed by atoms with Crippen LogP contribution in [0.3, 0.4) is 0 Å². The number of nitriles is 1. The molecule has 0 atom stereocenters. The minimum atomic E-state index is -1.19. The maximum atomic E-state index is 11.1. The van der Waals surface area contributed by atoms with Gasteiger partial charge < -0.3 is 19.5 Å². The quantitative estimate of drug-likeness (QED) is 0.713. The van der Waals surface area contributed by atoms with E-state index in [1.165, 1.54) is 31.4 Å². The van der Waals surface area contributed by atoms with Gasteiger partial charge in [-0.15, -0.1) is 0 Å². The lowest BCUT2D eigenvalue weighted by Crippen LogP contribution is -2.19. The van der Waals surface area contributed by atoms with Crippen molar-refractivity contribution in [2.24, 2.45) is 5.92 Å². The number of carbonyl (C=O) groups is 1. The van der Waals surface area contributed by atoms with E-state index in [0.29, 0.717) is 23.8 Å². The molecule has 6 nitrogen and oxygen atoms in total. The summed E-state index contributed by atoms with van der Waals surface area (Å²) in [5, 5.41) is 29.3. The Bertz CT molecular complexity index is 1070. The number of phenols is 1. The maximum Gasteiger partial charge on any atom is 0.339 e. The van der Waals surface area contributed by atoms with Gasteiger partial charge in [-0.2, -0.15) is 5.26 Å². The van der Waals surface area contributed by atoms with E-state index >= 15 is 0 Å². The Labute approximate surface area is 155 Å². The van der Waals surface area contributed by atoms with Gasteiger partial charge in [0.2, 0.25) is 0 Å². The molecule has 0 amide bonds. The topological polar surface area (TPSA) is 95.5 Å². The maximum absolute atomic E-state index is 11.1. The molecule has 0 unspecified atom stereocenters. The van der Waals surface area contributed by atoms with Crippen LogP contribution in [0.1, 0.15) is 35.2 Å². The number of carboxylic acids is 1. The lowest BCUT2D eigenvalue weighted by Gasteiger charge is -2.25. The summed E-state index contributed by atoms with van der Waals surface area (Å²) in [7, 11) is 0. The molecule has 2 N–H and O–H groups in total. The van der Waals surface area contributed by atoms with Crippen molar-refractivity contribution in [2.75, 3.05) is 6.61 Å². The molecule has 1 aliphatic carbocycles. The predicted molar refractivity (Wildman–Crippen MR) is 99.5 cm³/mol. The van der Waals surface area contributed by atoms with Crippen LogP contribution in [0.2, 0.25) is 0 Å². The summed E-state index contributed by atoms with van der Waals surface area (Å²) in [6.07, 6.45) is 5.34. The van der Waals surface area contributed by atoms with Gasteiger partial charge in [0.15, 0.2) is 0 Å². The highest BCUT2D eigenvalue weighted by atomic mass is 16.5. The summed E-state index contributed by atoms with van der Waals surface area (Å²) in [4.78, 5) is 11.1. The first-order chi connectivity index (χ1) is 13.1. The van der Waals surface area contributed by atoms with E-state index in [2.05, 4.69) is 6.07 Å². The molecule has 0 bridgehead atoms. The summed E-state index contributed by atoms with van der Waals surface area (Å²) in [6.45, 7) is 0.686. The number of carboxylic acid groups (broad SMARTS) is 1. The molecule has 1 heterocycles. The van der Waals surface area contributed by atoms with Crippen molar-refractivity contribution in [2.45, 2.75) is 19.3 Å². The fourth-order valence-corrected chi connectivity index (χ4v) is 3.32. The van der Waals surface area contributed by atoms with Crippen LogP contribution in [0.25, 0.3) is 16.6 Å². The molecule has 4 rings (SSSR count). The summed E-state index contributed by atoms with van der Waals surface area (Å²) in [6, 6.07) is 12.1. The molecule has 2 aromatic carbocycles. The second kappa shape index (κ2) is 6.69. The smallest absolute Gasteiger partial charge is 0.339 e. The normalized spacial score (nSPS) is 13.9. The second-order valence-electron chi connectivity index (χ2n) is 6.82. The van der Waals surface area contributed by atoms with Crippen molar-refractivity contribution in [3.63, 3.8) is 0 Å². The van der Waals surface area contributed by atoms with Crippen molar-refractivity contribution in [1.29, 1.82) is 5.26 Å². The fraction of sp³-hybridized carbons (Fsp3) is 0.238. The first-order valence-electron chi connectivity index (χ1n) is 8.81. The molecule has 0 aliphatic heterocycles. The summed E-state index contributed by atoms with van der Waals surface area (Å²) >= 11 is 0. The number of rotatable bonds is 5.